The SMILES string of the molecule is CNC(=O)c1ccc(NC(=O)CSCc2csc(-c3ccc(C)cc3)n2)cc1. The summed E-state index contributed by atoms with van der Waals surface area (Å²) in [5.41, 5.74) is 4.56. The lowest BCUT2D eigenvalue weighted by Gasteiger charge is -2.06. The van der Waals surface area contributed by atoms with Crippen LogP contribution in [0.4, 0.5) is 5.69 Å². The first kappa shape index (κ1) is 20.1. The number of carbonyl (C=O) groups excluding carboxylic acids is 2. The van der Waals surface area contributed by atoms with Crippen molar-refractivity contribution in [2.24, 2.45) is 0 Å². The van der Waals surface area contributed by atoms with Gasteiger partial charge in [-0.3, -0.25) is 9.59 Å². The number of hydrogen-bond acceptors (Lipinski definition) is 5. The Morgan fingerprint density at radius 3 is 2.46 bits per heavy atom. The molecule has 1 heterocycles. The standard InChI is InChI=1S/C21H21N3O2S2/c1-14-3-5-16(6-4-14)21-24-18(12-28-21)11-27-13-19(25)23-17-9-7-15(8-10-17)20(26)22-2/h3-10,12H,11,13H2,1-2H3,(H,22,26)(H,23,25). The summed E-state index contributed by atoms with van der Waals surface area (Å²) < 4.78 is 0. The first-order chi connectivity index (χ1) is 13.5. The molecule has 7 heteroatoms. The third kappa shape index (κ3) is 5.43. The second-order valence-electron chi connectivity index (χ2n) is 6.21. The normalized spacial score (nSPS) is 10.5. The molecule has 28 heavy (non-hydrogen) atoms. The maximum atomic E-state index is 12.1. The van der Waals surface area contributed by atoms with Crippen LogP contribution in [0.1, 0.15) is 21.6 Å². The summed E-state index contributed by atoms with van der Waals surface area (Å²) in [6.07, 6.45) is 0. The molecule has 0 atom stereocenters. The van der Waals surface area contributed by atoms with E-state index in [4.69, 9.17) is 0 Å². The highest BCUT2D eigenvalue weighted by Crippen LogP contribution is 2.25. The van der Waals surface area contributed by atoms with Gasteiger partial charge in [0.25, 0.3) is 5.91 Å². The Bertz CT molecular complexity index is 951. The van der Waals surface area contributed by atoms with Crippen molar-refractivity contribution < 1.29 is 9.59 Å². The van der Waals surface area contributed by atoms with Crippen LogP contribution >= 0.6 is 23.1 Å². The van der Waals surface area contributed by atoms with Crippen LogP contribution in [0.25, 0.3) is 10.6 Å². The predicted molar refractivity (Wildman–Crippen MR) is 117 cm³/mol. The average Bonchev–Trinajstić information content (AvgIpc) is 3.17. The van der Waals surface area contributed by atoms with Crippen molar-refractivity contribution >= 4 is 40.6 Å². The monoisotopic (exact) mass is 411 g/mol. The van der Waals surface area contributed by atoms with E-state index in [1.165, 1.54) is 17.3 Å². The minimum Gasteiger partial charge on any atom is -0.355 e. The summed E-state index contributed by atoms with van der Waals surface area (Å²) in [6.45, 7) is 2.06. The first-order valence-corrected chi connectivity index (χ1v) is 10.8. The molecular formula is C21H21N3O2S2. The van der Waals surface area contributed by atoms with Crippen LogP contribution in [0.5, 0.6) is 0 Å². The Hall–Kier alpha value is -2.64. The molecule has 5 nitrogen and oxygen atoms in total. The van der Waals surface area contributed by atoms with Gasteiger partial charge in [0.2, 0.25) is 5.91 Å². The number of nitrogens with one attached hydrogen (secondary N) is 2. The van der Waals surface area contributed by atoms with Gasteiger partial charge in [-0.1, -0.05) is 29.8 Å². The van der Waals surface area contributed by atoms with Crippen LogP contribution in [0.2, 0.25) is 0 Å². The molecule has 0 aliphatic carbocycles. The third-order valence-electron chi connectivity index (χ3n) is 3.99. The molecule has 2 aromatic carbocycles. The van der Waals surface area contributed by atoms with Crippen LogP contribution in [-0.4, -0.2) is 29.6 Å². The highest BCUT2D eigenvalue weighted by atomic mass is 32.2. The maximum Gasteiger partial charge on any atom is 0.251 e. The maximum absolute atomic E-state index is 12.1. The number of rotatable bonds is 7. The highest BCUT2D eigenvalue weighted by Gasteiger charge is 2.08. The Balaban J connectivity index is 1.46. The van der Waals surface area contributed by atoms with Gasteiger partial charge in [-0.25, -0.2) is 4.98 Å². The van der Waals surface area contributed by atoms with Gasteiger partial charge in [-0.05, 0) is 31.2 Å². The molecule has 0 saturated heterocycles. The predicted octanol–water partition coefficient (Wildman–Crippen LogP) is 4.35. The van der Waals surface area contributed by atoms with Crippen molar-refractivity contribution in [1.82, 2.24) is 10.3 Å². The smallest absolute Gasteiger partial charge is 0.251 e. The number of amides is 2. The Labute approximate surface area is 172 Å². The average molecular weight is 412 g/mol. The van der Waals surface area contributed by atoms with E-state index in [9.17, 15) is 9.59 Å². The van der Waals surface area contributed by atoms with Crippen LogP contribution in [0.3, 0.4) is 0 Å². The van der Waals surface area contributed by atoms with E-state index in [1.807, 2.05) is 5.38 Å². The van der Waals surface area contributed by atoms with Gasteiger partial charge in [-0.2, -0.15) is 0 Å². The van der Waals surface area contributed by atoms with Crippen molar-refractivity contribution in [1.29, 1.82) is 0 Å². The Morgan fingerprint density at radius 2 is 1.79 bits per heavy atom. The van der Waals surface area contributed by atoms with Gasteiger partial charge in [0.1, 0.15) is 5.01 Å². The van der Waals surface area contributed by atoms with Crippen molar-refractivity contribution in [3.63, 3.8) is 0 Å². The van der Waals surface area contributed by atoms with Crippen LogP contribution in [-0.2, 0) is 10.5 Å². The number of hydrogen-bond donors (Lipinski definition) is 2. The Morgan fingerprint density at radius 1 is 1.07 bits per heavy atom. The number of carbonyl (C=O) groups is 2. The fourth-order valence-electron chi connectivity index (χ4n) is 2.50. The van der Waals surface area contributed by atoms with E-state index in [-0.39, 0.29) is 11.8 Å². The number of benzene rings is 2. The molecule has 0 aliphatic heterocycles. The zero-order valence-electron chi connectivity index (χ0n) is 15.7. The van der Waals surface area contributed by atoms with Crippen molar-refractivity contribution in [3.8, 4) is 10.6 Å². The summed E-state index contributed by atoms with van der Waals surface area (Å²) in [4.78, 5) is 28.3. The van der Waals surface area contributed by atoms with Gasteiger partial charge < -0.3 is 10.6 Å². The zero-order chi connectivity index (χ0) is 19.9. The third-order valence-corrected chi connectivity index (χ3v) is 5.90. The largest absolute Gasteiger partial charge is 0.355 e. The molecular weight excluding hydrogens is 390 g/mol. The topological polar surface area (TPSA) is 71.1 Å². The van der Waals surface area contributed by atoms with E-state index in [2.05, 4.69) is 46.8 Å². The summed E-state index contributed by atoms with van der Waals surface area (Å²) in [5.74, 6) is 0.799. The lowest BCUT2D eigenvalue weighted by molar-refractivity contribution is -0.113. The van der Waals surface area contributed by atoms with Crippen molar-refractivity contribution in [2.75, 3.05) is 18.1 Å². The van der Waals surface area contributed by atoms with Crippen molar-refractivity contribution in [2.45, 2.75) is 12.7 Å². The highest BCUT2D eigenvalue weighted by molar-refractivity contribution is 7.99. The second-order valence-corrected chi connectivity index (χ2v) is 8.05. The molecule has 0 saturated carbocycles. The van der Waals surface area contributed by atoms with Gasteiger partial charge in [0.05, 0.1) is 11.4 Å². The van der Waals surface area contributed by atoms with E-state index in [1.54, 1.807) is 42.6 Å². The molecule has 1 aromatic heterocycles. The quantitative estimate of drug-likeness (QED) is 0.606. The van der Waals surface area contributed by atoms with Crippen LogP contribution in [0.15, 0.2) is 53.9 Å². The molecule has 0 aliphatic rings. The molecule has 144 valence electrons. The first-order valence-electron chi connectivity index (χ1n) is 8.76. The number of aryl methyl sites for hydroxylation is 1. The summed E-state index contributed by atoms with van der Waals surface area (Å²) >= 11 is 3.14. The molecule has 0 bridgehead atoms. The van der Waals surface area contributed by atoms with Gasteiger partial charge in [0.15, 0.2) is 0 Å². The van der Waals surface area contributed by atoms with Crippen LogP contribution < -0.4 is 10.6 Å². The van der Waals surface area contributed by atoms with Gasteiger partial charge in [-0.15, -0.1) is 23.1 Å². The number of thioether (sulfide) groups is 1. The molecule has 3 aromatic rings. The van der Waals surface area contributed by atoms with Gasteiger partial charge in [0, 0.05) is 35.0 Å². The fourth-order valence-corrected chi connectivity index (χ4v) is 4.14. The van der Waals surface area contributed by atoms with Crippen LogP contribution in [0, 0.1) is 6.92 Å². The molecule has 0 unspecified atom stereocenters. The summed E-state index contributed by atoms with van der Waals surface area (Å²) in [7, 11) is 1.58. The van der Waals surface area contributed by atoms with Crippen molar-refractivity contribution in [3.05, 3.63) is 70.7 Å². The number of thiazole rings is 1. The molecule has 3 rings (SSSR count). The molecule has 0 spiro atoms. The summed E-state index contributed by atoms with van der Waals surface area (Å²) in [5, 5.41) is 8.44. The molecule has 0 fully saturated rings. The van der Waals surface area contributed by atoms with E-state index in [0.29, 0.717) is 22.8 Å². The van der Waals surface area contributed by atoms with E-state index < -0.39 is 0 Å². The minimum atomic E-state index is -0.151. The fraction of sp³-hybridized carbons (Fsp3) is 0.190. The molecule has 2 amide bonds. The zero-order valence-corrected chi connectivity index (χ0v) is 17.3. The Kier molecular flexibility index (Phi) is 6.84. The minimum absolute atomic E-state index is 0.0771. The molecule has 2 N–H and O–H groups in total. The van der Waals surface area contributed by atoms with E-state index in [0.717, 1.165) is 16.3 Å². The number of anilines is 1. The lowest BCUT2D eigenvalue weighted by atomic mass is 10.2. The lowest BCUT2D eigenvalue weighted by Crippen LogP contribution is -2.18. The number of nitrogens with zero attached hydrogens (tertiary/aromatic N) is 1. The summed E-state index contributed by atoms with van der Waals surface area (Å²) in [6, 6.07) is 15.1. The number of aromatic nitrogens is 1. The second kappa shape index (κ2) is 9.52. The van der Waals surface area contributed by atoms with E-state index >= 15 is 0 Å². The van der Waals surface area contributed by atoms with Gasteiger partial charge >= 0.3 is 0 Å². The molecule has 0 radical (unpaired) electrons.